The molecule has 110 valence electrons. The smallest absolute Gasteiger partial charge is 0.488 e. The molecule has 0 saturated heterocycles. The Balaban J connectivity index is 0.000000204. The van der Waals surface area contributed by atoms with Crippen molar-refractivity contribution in [2.45, 2.75) is 13.8 Å². The van der Waals surface area contributed by atoms with Crippen LogP contribution in [0.25, 0.3) is 0 Å². The average molecular weight is 379 g/mol. The minimum Gasteiger partial charge on any atom is -0.488 e. The van der Waals surface area contributed by atoms with Crippen molar-refractivity contribution in [1.29, 1.82) is 0 Å². The third kappa shape index (κ3) is 4.78. The molecule has 2 rings (SSSR count). The predicted octanol–water partition coefficient (Wildman–Crippen LogP) is 2.57. The van der Waals surface area contributed by atoms with Crippen LogP contribution in [0, 0.1) is 13.8 Å². The first-order valence-corrected chi connectivity index (χ1v) is 8.12. The normalized spacial score (nSPS) is 9.75. The molecule has 4 nitrogen and oxygen atoms in total. The van der Waals surface area contributed by atoms with Gasteiger partial charge in [-0.2, -0.15) is 0 Å². The van der Waals surface area contributed by atoms with Crippen LogP contribution in [0.4, 0.5) is 0 Å². The van der Waals surface area contributed by atoms with Crippen LogP contribution in [0.3, 0.4) is 0 Å². The fourth-order valence-electron chi connectivity index (χ4n) is 1.45. The van der Waals surface area contributed by atoms with Crippen LogP contribution in [0.15, 0.2) is 16.6 Å². The summed E-state index contributed by atoms with van der Waals surface area (Å²) in [7, 11) is 1.75. The molecule has 0 radical (unpaired) electrons. The second kappa shape index (κ2) is 8.04. The van der Waals surface area contributed by atoms with Crippen molar-refractivity contribution >= 4 is 51.2 Å². The van der Waals surface area contributed by atoms with Crippen molar-refractivity contribution in [3.8, 4) is 10.1 Å². The maximum Gasteiger partial charge on any atom is 0.493 e. The van der Waals surface area contributed by atoms with E-state index in [9.17, 15) is 0 Å². The molecule has 2 aromatic heterocycles. The van der Waals surface area contributed by atoms with Gasteiger partial charge in [-0.3, -0.25) is 0 Å². The van der Waals surface area contributed by atoms with Crippen LogP contribution in [0.5, 0.6) is 10.1 Å². The summed E-state index contributed by atoms with van der Waals surface area (Å²) < 4.78 is 11.0. The van der Waals surface area contributed by atoms with E-state index < -0.39 is 7.12 Å². The summed E-state index contributed by atoms with van der Waals surface area (Å²) in [6, 6.07) is 3.75. The lowest BCUT2D eigenvalue weighted by Crippen LogP contribution is -2.29. The third-order valence-electron chi connectivity index (χ3n) is 2.28. The highest BCUT2D eigenvalue weighted by Gasteiger charge is 2.19. The van der Waals surface area contributed by atoms with Crippen LogP contribution in [0.1, 0.15) is 9.75 Å². The Hall–Kier alpha value is -0.535. The topological polar surface area (TPSA) is 58.9 Å². The number of hydrogen-bond acceptors (Lipinski definition) is 6. The van der Waals surface area contributed by atoms with Gasteiger partial charge in [0.15, 0.2) is 10.1 Å². The van der Waals surface area contributed by atoms with E-state index in [0.717, 1.165) is 14.4 Å². The van der Waals surface area contributed by atoms with E-state index in [0.29, 0.717) is 10.5 Å². The van der Waals surface area contributed by atoms with E-state index in [2.05, 4.69) is 22.9 Å². The molecule has 2 aromatic rings. The molecule has 0 aromatic carbocycles. The van der Waals surface area contributed by atoms with Crippen molar-refractivity contribution in [3.63, 3.8) is 0 Å². The number of rotatable bonds is 3. The van der Waals surface area contributed by atoms with Gasteiger partial charge in [0.2, 0.25) is 0 Å². The summed E-state index contributed by atoms with van der Waals surface area (Å²) >= 11 is 6.41. The Morgan fingerprint density at radius 2 is 1.50 bits per heavy atom. The van der Waals surface area contributed by atoms with Crippen LogP contribution >= 0.6 is 38.6 Å². The van der Waals surface area contributed by atoms with Crippen LogP contribution in [-0.4, -0.2) is 31.4 Å². The molecule has 0 aliphatic carbocycles. The quantitative estimate of drug-likeness (QED) is 0.806. The Morgan fingerprint density at radius 3 is 1.80 bits per heavy atom. The number of aryl methyl sites for hydroxylation is 2. The van der Waals surface area contributed by atoms with Gasteiger partial charge in [0, 0.05) is 15.2 Å². The second-order valence-corrected chi connectivity index (χ2v) is 7.17. The van der Waals surface area contributed by atoms with Gasteiger partial charge in [-0.25, -0.2) is 0 Å². The molecule has 0 atom stereocenters. The molecule has 2 N–H and O–H groups in total. The SMILES string of the molecule is COc1sc(C)cc1B(O)O.COc1sc(C)cc1Br. The highest BCUT2D eigenvalue weighted by molar-refractivity contribution is 9.10. The van der Waals surface area contributed by atoms with Gasteiger partial charge in [0.1, 0.15) is 0 Å². The summed E-state index contributed by atoms with van der Waals surface area (Å²) in [4.78, 5) is 2.27. The number of ether oxygens (including phenoxy) is 2. The minimum atomic E-state index is -1.44. The molecule has 0 amide bonds. The third-order valence-corrected chi connectivity index (χ3v) is 5.17. The van der Waals surface area contributed by atoms with E-state index in [4.69, 9.17) is 19.5 Å². The van der Waals surface area contributed by atoms with Crippen LogP contribution < -0.4 is 14.9 Å². The van der Waals surface area contributed by atoms with Gasteiger partial charge >= 0.3 is 7.12 Å². The van der Waals surface area contributed by atoms with Gasteiger partial charge in [-0.1, -0.05) is 0 Å². The summed E-state index contributed by atoms with van der Waals surface area (Å²) in [5.74, 6) is 0. The molecule has 0 fully saturated rings. The maximum absolute atomic E-state index is 8.83. The van der Waals surface area contributed by atoms with E-state index in [1.165, 1.54) is 23.3 Å². The molecular weight excluding hydrogens is 363 g/mol. The van der Waals surface area contributed by atoms with E-state index in [1.54, 1.807) is 24.5 Å². The fourth-order valence-corrected chi connectivity index (χ4v) is 3.91. The van der Waals surface area contributed by atoms with Gasteiger partial charge in [0.05, 0.1) is 18.7 Å². The van der Waals surface area contributed by atoms with Crippen molar-refractivity contribution in [3.05, 3.63) is 26.4 Å². The number of hydrogen-bond donors (Lipinski definition) is 2. The van der Waals surface area contributed by atoms with E-state index in [-0.39, 0.29) is 0 Å². The van der Waals surface area contributed by atoms with Gasteiger partial charge < -0.3 is 19.5 Å². The summed E-state index contributed by atoms with van der Waals surface area (Å²) in [5.41, 5.74) is 0.440. The summed E-state index contributed by atoms with van der Waals surface area (Å²) in [5, 5.41) is 19.2. The van der Waals surface area contributed by atoms with Crippen molar-refractivity contribution in [2.75, 3.05) is 14.2 Å². The predicted molar refractivity (Wildman–Crippen MR) is 88.7 cm³/mol. The molecule has 0 bridgehead atoms. The van der Waals surface area contributed by atoms with Crippen molar-refractivity contribution in [1.82, 2.24) is 0 Å². The lowest BCUT2D eigenvalue weighted by atomic mass is 9.82. The molecule has 2 heterocycles. The molecule has 0 unspecified atom stereocenters. The molecule has 0 spiro atoms. The first-order chi connectivity index (χ1) is 9.38. The monoisotopic (exact) mass is 378 g/mol. The molecular formula is C12H16BBrO4S2. The zero-order valence-electron chi connectivity index (χ0n) is 11.6. The first kappa shape index (κ1) is 17.5. The highest BCUT2D eigenvalue weighted by atomic mass is 79.9. The highest BCUT2D eigenvalue weighted by Crippen LogP contribution is 2.33. The zero-order chi connectivity index (χ0) is 15.3. The lowest BCUT2D eigenvalue weighted by molar-refractivity contribution is 0.410. The summed E-state index contributed by atoms with van der Waals surface area (Å²) in [6.07, 6.45) is 0. The maximum atomic E-state index is 8.83. The van der Waals surface area contributed by atoms with E-state index >= 15 is 0 Å². The van der Waals surface area contributed by atoms with Crippen LogP contribution in [0.2, 0.25) is 0 Å². The van der Waals surface area contributed by atoms with Gasteiger partial charge in [-0.05, 0) is 41.9 Å². The average Bonchev–Trinajstić information content (AvgIpc) is 2.92. The zero-order valence-corrected chi connectivity index (χ0v) is 14.9. The molecule has 8 heteroatoms. The minimum absolute atomic E-state index is 0.440. The Kier molecular flexibility index (Phi) is 7.04. The largest absolute Gasteiger partial charge is 0.493 e. The second-order valence-electron chi connectivity index (χ2n) is 3.87. The standard InChI is InChI=1S/C6H9BO3S.C6H7BrOS/c1-4-3-5(7(8)9)6(10-2)11-4;1-4-3-5(7)6(8-2)9-4/h3,8-9H,1-2H3;3H,1-2H3. The lowest BCUT2D eigenvalue weighted by Gasteiger charge is -1.98. The first-order valence-electron chi connectivity index (χ1n) is 5.69. The van der Waals surface area contributed by atoms with Gasteiger partial charge in [-0.15, -0.1) is 22.7 Å². The van der Waals surface area contributed by atoms with Crippen molar-refractivity contribution < 1.29 is 19.5 Å². The molecule has 0 aliphatic rings. The van der Waals surface area contributed by atoms with E-state index in [1.807, 2.05) is 13.0 Å². The number of halogens is 1. The Labute approximate surface area is 135 Å². The molecule has 20 heavy (non-hydrogen) atoms. The molecule has 0 saturated carbocycles. The number of thiophene rings is 2. The summed E-state index contributed by atoms with van der Waals surface area (Å²) in [6.45, 7) is 3.94. The fraction of sp³-hybridized carbons (Fsp3) is 0.333. The Bertz CT molecular complexity index is 554. The van der Waals surface area contributed by atoms with Gasteiger partial charge in [0.25, 0.3) is 0 Å². The van der Waals surface area contributed by atoms with Crippen LogP contribution in [-0.2, 0) is 0 Å². The van der Waals surface area contributed by atoms with Crippen molar-refractivity contribution in [2.24, 2.45) is 0 Å². The Morgan fingerprint density at radius 1 is 1.00 bits per heavy atom. The molecule has 0 aliphatic heterocycles. The number of methoxy groups -OCH3 is 2.